The molecule has 0 amide bonds. The number of nitrogens with zero attached hydrogens (tertiary/aromatic N) is 1. The summed E-state index contributed by atoms with van der Waals surface area (Å²) in [6, 6.07) is 1.29. The molecule has 2 aromatic rings. The summed E-state index contributed by atoms with van der Waals surface area (Å²) in [4.78, 5) is 3.85. The summed E-state index contributed by atoms with van der Waals surface area (Å²) in [6.07, 6.45) is 1.36. The number of rotatable bonds is 3. The number of aryl methyl sites for hydroxylation is 1. The van der Waals surface area contributed by atoms with E-state index < -0.39 is 10.0 Å². The molecule has 0 atom stereocenters. The van der Waals surface area contributed by atoms with Gasteiger partial charge in [-0.05, 0) is 28.9 Å². The summed E-state index contributed by atoms with van der Waals surface area (Å²) in [7, 11) is -3.70. The van der Waals surface area contributed by atoms with E-state index in [1.165, 1.54) is 12.3 Å². The van der Waals surface area contributed by atoms with Crippen LogP contribution in [0.25, 0.3) is 0 Å². The van der Waals surface area contributed by atoms with Gasteiger partial charge in [0, 0.05) is 0 Å². The van der Waals surface area contributed by atoms with Gasteiger partial charge >= 0.3 is 6.01 Å². The van der Waals surface area contributed by atoms with Gasteiger partial charge in [0.05, 0.1) is 14.5 Å². The number of hydrogen-bond donors (Lipinski definition) is 1. The normalized spacial score (nSPS) is 11.7. The lowest BCUT2D eigenvalue weighted by Gasteiger charge is -2.00. The molecule has 2 rings (SSSR count). The smallest absolute Gasteiger partial charge is 0.309 e. The first-order valence-electron chi connectivity index (χ1n) is 4.28. The van der Waals surface area contributed by atoms with Crippen LogP contribution in [-0.2, 0) is 10.0 Å². The van der Waals surface area contributed by atoms with Gasteiger partial charge in [-0.1, -0.05) is 11.6 Å². The summed E-state index contributed by atoms with van der Waals surface area (Å²) in [5.41, 5.74) is 0.591. The molecular formula is C8H6BrClN2O3S2. The van der Waals surface area contributed by atoms with Crippen molar-refractivity contribution in [2.45, 2.75) is 11.1 Å². The van der Waals surface area contributed by atoms with Crippen molar-refractivity contribution in [2.24, 2.45) is 0 Å². The molecule has 0 aliphatic rings. The van der Waals surface area contributed by atoms with Crippen molar-refractivity contribution < 1.29 is 12.8 Å². The molecule has 0 aliphatic carbocycles. The Hall–Kier alpha value is -0.570. The molecular weight excluding hydrogens is 352 g/mol. The molecule has 0 aromatic carbocycles. The quantitative estimate of drug-likeness (QED) is 0.915. The van der Waals surface area contributed by atoms with Gasteiger partial charge in [0.1, 0.15) is 10.5 Å². The Morgan fingerprint density at radius 2 is 2.29 bits per heavy atom. The Morgan fingerprint density at radius 1 is 1.59 bits per heavy atom. The molecule has 0 saturated carbocycles. The zero-order valence-electron chi connectivity index (χ0n) is 8.40. The summed E-state index contributed by atoms with van der Waals surface area (Å²) >= 11 is 9.94. The van der Waals surface area contributed by atoms with Gasteiger partial charge < -0.3 is 4.42 Å². The van der Waals surface area contributed by atoms with Gasteiger partial charge in [0.15, 0.2) is 0 Å². The summed E-state index contributed by atoms with van der Waals surface area (Å²) in [5.74, 6) is 0. The van der Waals surface area contributed by atoms with Crippen molar-refractivity contribution in [3.63, 3.8) is 0 Å². The van der Waals surface area contributed by atoms with Crippen LogP contribution in [0.3, 0.4) is 0 Å². The second kappa shape index (κ2) is 4.60. The fourth-order valence-corrected chi connectivity index (χ4v) is 4.36. The molecule has 17 heavy (non-hydrogen) atoms. The number of hydrogen-bond acceptors (Lipinski definition) is 5. The molecule has 0 bridgehead atoms. The minimum absolute atomic E-state index is 0.0665. The first-order chi connectivity index (χ1) is 7.88. The van der Waals surface area contributed by atoms with E-state index in [4.69, 9.17) is 16.0 Å². The molecule has 1 N–H and O–H groups in total. The van der Waals surface area contributed by atoms with Gasteiger partial charge in [-0.3, -0.25) is 0 Å². The molecule has 0 saturated heterocycles. The Bertz CT molecular complexity index is 630. The van der Waals surface area contributed by atoms with Crippen LogP contribution in [-0.4, -0.2) is 13.4 Å². The SMILES string of the molecule is Cc1coc(NS(=O)(=O)c2cc(Cl)c(Br)s2)n1. The first-order valence-corrected chi connectivity index (χ1v) is 7.75. The third-order valence-electron chi connectivity index (χ3n) is 1.73. The van der Waals surface area contributed by atoms with E-state index in [9.17, 15) is 8.42 Å². The Morgan fingerprint density at radius 3 is 2.76 bits per heavy atom. The van der Waals surface area contributed by atoms with Crippen LogP contribution in [0.15, 0.2) is 24.7 Å². The number of halogens is 2. The van der Waals surface area contributed by atoms with Crippen LogP contribution in [0, 0.1) is 6.92 Å². The minimum Gasteiger partial charge on any atom is -0.431 e. The molecule has 0 aliphatic heterocycles. The third-order valence-corrected chi connectivity index (χ3v) is 6.00. The lowest BCUT2D eigenvalue weighted by atomic mass is 10.6. The second-order valence-electron chi connectivity index (χ2n) is 3.09. The third kappa shape index (κ3) is 2.82. The Labute approximate surface area is 115 Å². The number of sulfonamides is 1. The average Bonchev–Trinajstić information content (AvgIpc) is 2.75. The molecule has 0 radical (unpaired) electrons. The van der Waals surface area contributed by atoms with Gasteiger partial charge in [0.25, 0.3) is 10.0 Å². The second-order valence-corrected chi connectivity index (χ2v) is 7.77. The maximum Gasteiger partial charge on any atom is 0.309 e. The van der Waals surface area contributed by atoms with Crippen molar-refractivity contribution in [3.05, 3.63) is 26.8 Å². The van der Waals surface area contributed by atoms with Crippen molar-refractivity contribution in [1.29, 1.82) is 0 Å². The van der Waals surface area contributed by atoms with Crippen molar-refractivity contribution in [1.82, 2.24) is 4.98 Å². The molecule has 0 fully saturated rings. The Kier molecular flexibility index (Phi) is 3.48. The number of anilines is 1. The maximum atomic E-state index is 11.9. The van der Waals surface area contributed by atoms with Gasteiger partial charge in [-0.25, -0.2) is 13.1 Å². The van der Waals surface area contributed by atoms with Crippen LogP contribution in [0.5, 0.6) is 0 Å². The van der Waals surface area contributed by atoms with Crippen molar-refractivity contribution in [3.8, 4) is 0 Å². The molecule has 2 aromatic heterocycles. The van der Waals surface area contributed by atoms with Gasteiger partial charge in [-0.15, -0.1) is 11.3 Å². The summed E-state index contributed by atoms with van der Waals surface area (Å²) in [6.45, 7) is 1.69. The molecule has 0 unspecified atom stereocenters. The zero-order valence-corrected chi connectivity index (χ0v) is 12.4. The van der Waals surface area contributed by atoms with Crippen LogP contribution in [0.4, 0.5) is 6.01 Å². The minimum atomic E-state index is -3.70. The van der Waals surface area contributed by atoms with E-state index in [0.29, 0.717) is 14.5 Å². The molecule has 92 valence electrons. The number of thiophene rings is 1. The fraction of sp³-hybridized carbons (Fsp3) is 0.125. The highest BCUT2D eigenvalue weighted by molar-refractivity contribution is 9.11. The van der Waals surface area contributed by atoms with E-state index in [2.05, 4.69) is 25.6 Å². The predicted molar refractivity (Wildman–Crippen MR) is 69.1 cm³/mol. The molecule has 2 heterocycles. The van der Waals surface area contributed by atoms with Crippen LogP contribution >= 0.6 is 38.9 Å². The molecule has 0 spiro atoms. The fourth-order valence-electron chi connectivity index (χ4n) is 1.03. The van der Waals surface area contributed by atoms with E-state index in [1.807, 2.05) is 0 Å². The van der Waals surface area contributed by atoms with E-state index in [-0.39, 0.29) is 10.2 Å². The summed E-state index contributed by atoms with van der Waals surface area (Å²) in [5, 5.41) is 0.346. The number of aromatic nitrogens is 1. The van der Waals surface area contributed by atoms with E-state index in [1.54, 1.807) is 6.92 Å². The highest BCUT2D eigenvalue weighted by atomic mass is 79.9. The lowest BCUT2D eigenvalue weighted by Crippen LogP contribution is -2.11. The largest absolute Gasteiger partial charge is 0.431 e. The highest BCUT2D eigenvalue weighted by Gasteiger charge is 2.21. The van der Waals surface area contributed by atoms with Crippen LogP contribution in [0.1, 0.15) is 5.69 Å². The van der Waals surface area contributed by atoms with E-state index in [0.717, 1.165) is 11.3 Å². The summed E-state index contributed by atoms with van der Waals surface area (Å²) < 4.78 is 31.6. The highest BCUT2D eigenvalue weighted by Crippen LogP contribution is 2.35. The molecule has 9 heteroatoms. The standard InChI is InChI=1S/C8H6BrClN2O3S2/c1-4-3-15-8(11-4)12-17(13,14)6-2-5(10)7(9)16-6/h2-3H,1H3,(H,11,12). The van der Waals surface area contributed by atoms with Crippen molar-refractivity contribution in [2.75, 3.05) is 4.72 Å². The van der Waals surface area contributed by atoms with Gasteiger partial charge in [0.2, 0.25) is 0 Å². The maximum absolute atomic E-state index is 11.9. The lowest BCUT2D eigenvalue weighted by molar-refractivity contribution is 0.570. The average molecular weight is 358 g/mol. The monoisotopic (exact) mass is 356 g/mol. The number of nitrogens with one attached hydrogen (secondary N) is 1. The Balaban J connectivity index is 2.31. The van der Waals surface area contributed by atoms with Crippen molar-refractivity contribution >= 4 is 54.9 Å². The first kappa shape index (κ1) is 12.9. The van der Waals surface area contributed by atoms with E-state index >= 15 is 0 Å². The topological polar surface area (TPSA) is 72.2 Å². The zero-order chi connectivity index (χ0) is 12.6. The van der Waals surface area contributed by atoms with Crippen LogP contribution < -0.4 is 4.72 Å². The number of oxazole rings is 1. The predicted octanol–water partition coefficient (Wildman–Crippen LogP) is 3.26. The van der Waals surface area contributed by atoms with Crippen LogP contribution in [0.2, 0.25) is 5.02 Å². The molecule has 5 nitrogen and oxygen atoms in total. The van der Waals surface area contributed by atoms with Gasteiger partial charge in [-0.2, -0.15) is 4.98 Å².